The Morgan fingerprint density at radius 3 is 2.25 bits per heavy atom. The molecule has 0 aliphatic heterocycles. The highest BCUT2D eigenvalue weighted by atomic mass is 16.4. The fourth-order valence-electron chi connectivity index (χ4n) is 3.73. The topological polar surface area (TPSA) is 70.5 Å². The molecule has 5 nitrogen and oxygen atoms in total. The first-order valence-corrected chi connectivity index (χ1v) is 11.0. The summed E-state index contributed by atoms with van der Waals surface area (Å²) in [6.45, 7) is 0.670. The van der Waals surface area contributed by atoms with Crippen molar-refractivity contribution in [1.29, 1.82) is 0 Å². The zero-order valence-electron chi connectivity index (χ0n) is 18.5. The minimum absolute atomic E-state index is 0.0461. The summed E-state index contributed by atoms with van der Waals surface area (Å²) in [5, 5.41) is 9.10. The molecule has 5 heteroatoms. The minimum atomic E-state index is -0.783. The van der Waals surface area contributed by atoms with Gasteiger partial charge in [0.1, 0.15) is 0 Å². The molecule has 1 N–H and O–H groups in total. The second-order valence-electron chi connectivity index (χ2n) is 8.13. The maximum absolute atomic E-state index is 12.6. The summed E-state index contributed by atoms with van der Waals surface area (Å²) in [7, 11) is 1.83. The molecule has 166 valence electrons. The number of nitrogens with zero attached hydrogens (tertiary/aromatic N) is 2. The van der Waals surface area contributed by atoms with Crippen molar-refractivity contribution >= 4 is 11.9 Å². The molecule has 0 fully saturated rings. The van der Waals surface area contributed by atoms with Gasteiger partial charge in [-0.3, -0.25) is 14.6 Å². The average Bonchev–Trinajstić information content (AvgIpc) is 2.82. The fraction of sp³-hybridized carbons (Fsp3) is 0.296. The van der Waals surface area contributed by atoms with E-state index in [1.54, 1.807) is 4.90 Å². The minimum Gasteiger partial charge on any atom is -0.481 e. The van der Waals surface area contributed by atoms with Crippen molar-refractivity contribution in [3.63, 3.8) is 0 Å². The molecule has 1 unspecified atom stereocenters. The molecule has 0 aliphatic carbocycles. The van der Waals surface area contributed by atoms with Gasteiger partial charge in [0.05, 0.1) is 6.42 Å². The maximum Gasteiger partial charge on any atom is 0.303 e. The van der Waals surface area contributed by atoms with E-state index in [0.29, 0.717) is 13.0 Å². The predicted octanol–water partition coefficient (Wildman–Crippen LogP) is 4.52. The lowest BCUT2D eigenvalue weighted by Crippen LogP contribution is -2.30. The Kier molecular flexibility index (Phi) is 8.55. The molecular formula is C27H30N2O3. The van der Waals surface area contributed by atoms with Crippen LogP contribution in [0.15, 0.2) is 79.0 Å². The van der Waals surface area contributed by atoms with Gasteiger partial charge in [0.25, 0.3) is 0 Å². The lowest BCUT2D eigenvalue weighted by atomic mass is 9.88. The van der Waals surface area contributed by atoms with Crippen LogP contribution in [0.25, 0.3) is 0 Å². The highest BCUT2D eigenvalue weighted by Crippen LogP contribution is 2.25. The van der Waals surface area contributed by atoms with Crippen molar-refractivity contribution in [1.82, 2.24) is 9.88 Å². The Labute approximate surface area is 189 Å². The van der Waals surface area contributed by atoms with E-state index in [-0.39, 0.29) is 24.7 Å². The average molecular weight is 431 g/mol. The molecule has 1 atom stereocenters. The predicted molar refractivity (Wildman–Crippen MR) is 125 cm³/mol. The van der Waals surface area contributed by atoms with Crippen molar-refractivity contribution in [2.24, 2.45) is 0 Å². The van der Waals surface area contributed by atoms with Crippen LogP contribution in [0.5, 0.6) is 0 Å². The normalized spacial score (nSPS) is 11.7. The largest absolute Gasteiger partial charge is 0.481 e. The van der Waals surface area contributed by atoms with Gasteiger partial charge in [-0.15, -0.1) is 0 Å². The summed E-state index contributed by atoms with van der Waals surface area (Å²) in [6, 6.07) is 24.0. The zero-order chi connectivity index (χ0) is 22.8. The smallest absolute Gasteiger partial charge is 0.303 e. The van der Waals surface area contributed by atoms with Crippen LogP contribution < -0.4 is 0 Å². The number of carbonyl (C=O) groups excluding carboxylic acids is 1. The molecule has 32 heavy (non-hydrogen) atoms. The zero-order valence-corrected chi connectivity index (χ0v) is 18.5. The SMILES string of the molecule is CN(CCc1ccccc1)C(=O)Cc1ccc(CC(CCC(=O)O)c2ccccc2)cn1. The summed E-state index contributed by atoms with van der Waals surface area (Å²) >= 11 is 0. The number of carboxylic acid groups (broad SMARTS) is 1. The van der Waals surface area contributed by atoms with Crippen LogP contribution in [0.3, 0.4) is 0 Å². The van der Waals surface area contributed by atoms with E-state index in [1.165, 1.54) is 5.56 Å². The molecule has 0 saturated carbocycles. The summed E-state index contributed by atoms with van der Waals surface area (Å²) in [4.78, 5) is 29.9. The number of pyridine rings is 1. The van der Waals surface area contributed by atoms with E-state index < -0.39 is 5.97 Å². The lowest BCUT2D eigenvalue weighted by molar-refractivity contribution is -0.137. The molecule has 1 amide bonds. The summed E-state index contributed by atoms with van der Waals surface area (Å²) in [5.41, 5.74) is 4.13. The summed E-state index contributed by atoms with van der Waals surface area (Å²) in [5.74, 6) is -0.621. The van der Waals surface area contributed by atoms with E-state index in [9.17, 15) is 9.59 Å². The maximum atomic E-state index is 12.6. The third-order valence-corrected chi connectivity index (χ3v) is 5.68. The van der Waals surface area contributed by atoms with Crippen LogP contribution in [-0.2, 0) is 28.9 Å². The van der Waals surface area contributed by atoms with Crippen LogP contribution in [0.2, 0.25) is 0 Å². The molecule has 0 spiro atoms. The number of aromatic nitrogens is 1. The fourth-order valence-corrected chi connectivity index (χ4v) is 3.73. The standard InChI is InChI=1S/C27H30N2O3/c1-29(17-16-21-8-4-2-5-9-21)26(30)19-25-14-12-22(20-28-25)18-24(13-15-27(31)32)23-10-6-3-7-11-23/h2-12,14,20,24H,13,15-19H2,1H3,(H,31,32). The first-order chi connectivity index (χ1) is 15.5. The third-order valence-electron chi connectivity index (χ3n) is 5.68. The molecule has 1 heterocycles. The molecule has 0 radical (unpaired) electrons. The van der Waals surface area contributed by atoms with Gasteiger partial charge in [-0.25, -0.2) is 0 Å². The Hall–Kier alpha value is -3.47. The number of benzene rings is 2. The molecule has 0 saturated heterocycles. The second-order valence-corrected chi connectivity index (χ2v) is 8.13. The van der Waals surface area contributed by atoms with Crippen molar-refractivity contribution in [3.8, 4) is 0 Å². The summed E-state index contributed by atoms with van der Waals surface area (Å²) < 4.78 is 0. The highest BCUT2D eigenvalue weighted by Gasteiger charge is 2.15. The number of rotatable bonds is 11. The third kappa shape index (κ3) is 7.34. The van der Waals surface area contributed by atoms with Crippen molar-refractivity contribution in [2.45, 2.75) is 38.0 Å². The Bertz CT molecular complexity index is 988. The number of hydrogen-bond acceptors (Lipinski definition) is 3. The number of carboxylic acids is 1. The van der Waals surface area contributed by atoms with Gasteiger partial charge in [0, 0.05) is 31.9 Å². The highest BCUT2D eigenvalue weighted by molar-refractivity contribution is 5.78. The Balaban J connectivity index is 1.55. The van der Waals surface area contributed by atoms with Gasteiger partial charge >= 0.3 is 5.97 Å². The van der Waals surface area contributed by atoms with Gasteiger partial charge < -0.3 is 10.0 Å². The summed E-state index contributed by atoms with van der Waals surface area (Å²) in [6.07, 6.45) is 4.33. The van der Waals surface area contributed by atoms with Gasteiger partial charge in [-0.2, -0.15) is 0 Å². The number of amides is 1. The molecule has 1 aromatic heterocycles. The lowest BCUT2D eigenvalue weighted by Gasteiger charge is -2.18. The van der Waals surface area contributed by atoms with E-state index in [4.69, 9.17) is 5.11 Å². The number of likely N-dealkylation sites (N-methyl/N-ethyl adjacent to an activating group) is 1. The molecular weight excluding hydrogens is 400 g/mol. The van der Waals surface area contributed by atoms with E-state index in [2.05, 4.69) is 17.1 Å². The molecule has 2 aromatic carbocycles. The monoisotopic (exact) mass is 430 g/mol. The number of hydrogen-bond donors (Lipinski definition) is 1. The molecule has 3 aromatic rings. The first kappa shape index (κ1) is 23.2. The molecule has 0 aliphatic rings. The van der Waals surface area contributed by atoms with Crippen molar-refractivity contribution < 1.29 is 14.7 Å². The Morgan fingerprint density at radius 1 is 0.938 bits per heavy atom. The number of carbonyl (C=O) groups is 2. The van der Waals surface area contributed by atoms with E-state index in [0.717, 1.165) is 29.7 Å². The molecule has 3 rings (SSSR count). The first-order valence-electron chi connectivity index (χ1n) is 11.0. The van der Waals surface area contributed by atoms with Crippen LogP contribution in [0, 0.1) is 0 Å². The number of aliphatic carboxylic acids is 1. The van der Waals surface area contributed by atoms with Crippen LogP contribution in [0.1, 0.15) is 41.1 Å². The van der Waals surface area contributed by atoms with Gasteiger partial charge in [-0.1, -0.05) is 66.7 Å². The Morgan fingerprint density at radius 2 is 1.62 bits per heavy atom. The van der Waals surface area contributed by atoms with E-state index in [1.807, 2.05) is 73.9 Å². The van der Waals surface area contributed by atoms with Crippen molar-refractivity contribution in [3.05, 3.63) is 101 Å². The quantitative estimate of drug-likeness (QED) is 0.486. The van der Waals surface area contributed by atoms with Crippen LogP contribution >= 0.6 is 0 Å². The van der Waals surface area contributed by atoms with Crippen molar-refractivity contribution in [2.75, 3.05) is 13.6 Å². The molecule has 0 bridgehead atoms. The second kappa shape index (κ2) is 11.8. The van der Waals surface area contributed by atoms with Crippen LogP contribution in [-0.4, -0.2) is 40.5 Å². The van der Waals surface area contributed by atoms with Gasteiger partial charge in [0.2, 0.25) is 5.91 Å². The van der Waals surface area contributed by atoms with E-state index >= 15 is 0 Å². The van der Waals surface area contributed by atoms with Gasteiger partial charge in [0.15, 0.2) is 0 Å². The van der Waals surface area contributed by atoms with Crippen LogP contribution in [0.4, 0.5) is 0 Å². The van der Waals surface area contributed by atoms with Gasteiger partial charge in [-0.05, 0) is 47.9 Å².